The highest BCUT2D eigenvalue weighted by atomic mass is 19.2. The summed E-state index contributed by atoms with van der Waals surface area (Å²) in [5, 5.41) is 5.76. The predicted octanol–water partition coefficient (Wildman–Crippen LogP) is 4.96. The number of carbonyl (C=O) groups excluding carboxylic acids is 1. The van der Waals surface area contributed by atoms with Gasteiger partial charge in [0.2, 0.25) is 0 Å². The molecule has 0 bridgehead atoms. The molecule has 2 heterocycles. The largest absolute Gasteiger partial charge is 0.372 e. The van der Waals surface area contributed by atoms with Gasteiger partial charge in [0.15, 0.2) is 11.6 Å². The topological polar surface area (TPSA) is 57.3 Å². The molecule has 1 amide bonds. The summed E-state index contributed by atoms with van der Waals surface area (Å²) in [7, 11) is 0. The molecule has 0 spiro atoms. The third kappa shape index (κ3) is 4.51. The molecule has 1 fully saturated rings. The van der Waals surface area contributed by atoms with Crippen LogP contribution in [0.4, 0.5) is 31.5 Å². The van der Waals surface area contributed by atoms with Crippen LogP contribution in [0.1, 0.15) is 23.2 Å². The van der Waals surface area contributed by atoms with Crippen molar-refractivity contribution in [1.29, 1.82) is 0 Å². The Balaban J connectivity index is 1.43. The number of hydrogen-bond donors (Lipinski definition) is 2. The van der Waals surface area contributed by atoms with E-state index in [2.05, 4.69) is 32.7 Å². The first kappa shape index (κ1) is 18.9. The van der Waals surface area contributed by atoms with Crippen LogP contribution in [0.2, 0.25) is 0 Å². The van der Waals surface area contributed by atoms with Gasteiger partial charge in [-0.05, 0) is 55.3 Å². The molecule has 148 valence electrons. The van der Waals surface area contributed by atoms with E-state index in [1.807, 2.05) is 12.1 Å². The number of halogens is 2. The van der Waals surface area contributed by atoms with Gasteiger partial charge < -0.3 is 15.5 Å². The minimum absolute atomic E-state index is 0.171. The van der Waals surface area contributed by atoms with Crippen molar-refractivity contribution >= 4 is 28.7 Å². The van der Waals surface area contributed by atoms with Crippen molar-refractivity contribution < 1.29 is 13.6 Å². The fraction of sp³-hybridized carbons (Fsp3) is 0.182. The van der Waals surface area contributed by atoms with E-state index in [1.165, 1.54) is 30.8 Å². The van der Waals surface area contributed by atoms with Crippen molar-refractivity contribution in [2.75, 3.05) is 28.6 Å². The molecule has 0 atom stereocenters. The number of pyridine rings is 1. The molecule has 4 rings (SSSR count). The van der Waals surface area contributed by atoms with E-state index in [0.717, 1.165) is 30.9 Å². The maximum Gasteiger partial charge on any atom is 0.257 e. The van der Waals surface area contributed by atoms with Crippen LogP contribution in [0.5, 0.6) is 0 Å². The molecule has 2 N–H and O–H groups in total. The quantitative estimate of drug-likeness (QED) is 0.643. The molecule has 7 heteroatoms. The maximum absolute atomic E-state index is 13.3. The minimum Gasteiger partial charge on any atom is -0.372 e. The van der Waals surface area contributed by atoms with Gasteiger partial charge in [0.25, 0.3) is 5.91 Å². The van der Waals surface area contributed by atoms with Gasteiger partial charge in [-0.3, -0.25) is 9.78 Å². The number of hydrogen-bond acceptors (Lipinski definition) is 4. The van der Waals surface area contributed by atoms with E-state index in [0.29, 0.717) is 11.3 Å². The molecule has 1 saturated heterocycles. The molecule has 0 aliphatic carbocycles. The summed E-state index contributed by atoms with van der Waals surface area (Å²) >= 11 is 0. The Morgan fingerprint density at radius 1 is 0.862 bits per heavy atom. The molecule has 0 saturated carbocycles. The van der Waals surface area contributed by atoms with Crippen LogP contribution in [0.15, 0.2) is 60.9 Å². The molecule has 2 aromatic carbocycles. The third-order valence-electron chi connectivity index (χ3n) is 4.81. The lowest BCUT2D eigenvalue weighted by molar-refractivity contribution is 0.102. The number of nitrogens with zero attached hydrogens (tertiary/aromatic N) is 2. The summed E-state index contributed by atoms with van der Waals surface area (Å²) in [4.78, 5) is 18.9. The molecule has 0 radical (unpaired) electrons. The Labute approximate surface area is 167 Å². The number of carbonyl (C=O) groups is 1. The maximum atomic E-state index is 13.3. The summed E-state index contributed by atoms with van der Waals surface area (Å²) in [5.41, 5.74) is 3.20. The number of anilines is 4. The van der Waals surface area contributed by atoms with Gasteiger partial charge in [0, 0.05) is 42.4 Å². The lowest BCUT2D eigenvalue weighted by Gasteiger charge is -2.18. The molecule has 1 aromatic heterocycles. The van der Waals surface area contributed by atoms with Crippen LogP contribution < -0.4 is 15.5 Å². The van der Waals surface area contributed by atoms with Gasteiger partial charge in [0.05, 0.1) is 17.4 Å². The van der Waals surface area contributed by atoms with Crippen LogP contribution in [-0.2, 0) is 0 Å². The van der Waals surface area contributed by atoms with Crippen molar-refractivity contribution in [3.05, 3.63) is 78.1 Å². The predicted molar refractivity (Wildman–Crippen MR) is 110 cm³/mol. The minimum atomic E-state index is -1.02. The summed E-state index contributed by atoms with van der Waals surface area (Å²) < 4.78 is 26.3. The van der Waals surface area contributed by atoms with Crippen LogP contribution in [0, 0.1) is 11.6 Å². The van der Waals surface area contributed by atoms with Crippen molar-refractivity contribution in [3.8, 4) is 0 Å². The van der Waals surface area contributed by atoms with Gasteiger partial charge in [-0.15, -0.1) is 0 Å². The summed E-state index contributed by atoms with van der Waals surface area (Å²) in [6, 6.07) is 13.0. The normalized spacial score (nSPS) is 13.4. The molecule has 1 aliphatic rings. The van der Waals surface area contributed by atoms with Crippen molar-refractivity contribution in [2.24, 2.45) is 0 Å². The summed E-state index contributed by atoms with van der Waals surface area (Å²) in [6.45, 7) is 2.18. The lowest BCUT2D eigenvalue weighted by Crippen LogP contribution is -2.17. The Bertz CT molecular complexity index is 1020. The average molecular weight is 394 g/mol. The van der Waals surface area contributed by atoms with Gasteiger partial charge in [-0.1, -0.05) is 0 Å². The van der Waals surface area contributed by atoms with Gasteiger partial charge in [0.1, 0.15) is 0 Å². The average Bonchev–Trinajstić information content (AvgIpc) is 3.26. The number of aromatic nitrogens is 1. The second-order valence-corrected chi connectivity index (χ2v) is 6.91. The number of nitrogens with one attached hydrogen (secondary N) is 2. The van der Waals surface area contributed by atoms with Gasteiger partial charge in [-0.25, -0.2) is 8.78 Å². The second kappa shape index (κ2) is 8.26. The molecular formula is C22H20F2N4O. The Kier molecular flexibility index (Phi) is 5.37. The molecule has 1 aliphatic heterocycles. The lowest BCUT2D eigenvalue weighted by atomic mass is 10.2. The zero-order chi connectivity index (χ0) is 20.2. The zero-order valence-electron chi connectivity index (χ0n) is 15.7. The molecule has 3 aromatic rings. The third-order valence-corrected chi connectivity index (χ3v) is 4.81. The van der Waals surface area contributed by atoms with Crippen LogP contribution >= 0.6 is 0 Å². The van der Waals surface area contributed by atoms with E-state index in [1.54, 1.807) is 12.3 Å². The van der Waals surface area contributed by atoms with E-state index in [-0.39, 0.29) is 5.69 Å². The standard InChI is InChI=1S/C22H20F2N4O/c23-20-8-5-17(12-21(20)24)27-22(29)15-11-18(14-25-13-15)26-16-3-6-19(7-4-16)28-9-1-2-10-28/h3-8,11-14,26H,1-2,9-10H2,(H,27,29). The second-order valence-electron chi connectivity index (χ2n) is 6.91. The highest BCUT2D eigenvalue weighted by Crippen LogP contribution is 2.24. The number of rotatable bonds is 5. The van der Waals surface area contributed by atoms with Crippen molar-refractivity contribution in [2.45, 2.75) is 12.8 Å². The Hall–Kier alpha value is -3.48. The molecule has 5 nitrogen and oxygen atoms in total. The zero-order valence-corrected chi connectivity index (χ0v) is 15.7. The van der Waals surface area contributed by atoms with Crippen molar-refractivity contribution in [1.82, 2.24) is 4.98 Å². The van der Waals surface area contributed by atoms with E-state index in [9.17, 15) is 13.6 Å². The monoisotopic (exact) mass is 394 g/mol. The first-order valence-electron chi connectivity index (χ1n) is 9.42. The number of amides is 1. The number of benzene rings is 2. The van der Waals surface area contributed by atoms with Crippen LogP contribution in [0.3, 0.4) is 0 Å². The summed E-state index contributed by atoms with van der Waals surface area (Å²) in [5.74, 6) is -2.45. The molecule has 0 unspecified atom stereocenters. The first-order chi connectivity index (χ1) is 14.1. The summed E-state index contributed by atoms with van der Waals surface area (Å²) in [6.07, 6.45) is 5.48. The van der Waals surface area contributed by atoms with Gasteiger partial charge >= 0.3 is 0 Å². The van der Waals surface area contributed by atoms with Crippen LogP contribution in [0.25, 0.3) is 0 Å². The fourth-order valence-corrected chi connectivity index (χ4v) is 3.31. The Morgan fingerprint density at radius 2 is 1.59 bits per heavy atom. The van der Waals surface area contributed by atoms with E-state index < -0.39 is 17.5 Å². The molecular weight excluding hydrogens is 374 g/mol. The molecule has 29 heavy (non-hydrogen) atoms. The van der Waals surface area contributed by atoms with E-state index >= 15 is 0 Å². The smallest absolute Gasteiger partial charge is 0.257 e. The van der Waals surface area contributed by atoms with E-state index in [4.69, 9.17) is 0 Å². The first-order valence-corrected chi connectivity index (χ1v) is 9.42. The Morgan fingerprint density at radius 3 is 2.31 bits per heavy atom. The highest BCUT2D eigenvalue weighted by molar-refractivity contribution is 6.04. The fourth-order valence-electron chi connectivity index (χ4n) is 3.31. The SMILES string of the molecule is O=C(Nc1ccc(F)c(F)c1)c1cncc(Nc2ccc(N3CCCC3)cc2)c1. The van der Waals surface area contributed by atoms with Crippen molar-refractivity contribution in [3.63, 3.8) is 0 Å². The highest BCUT2D eigenvalue weighted by Gasteiger charge is 2.12. The van der Waals surface area contributed by atoms with Gasteiger partial charge in [-0.2, -0.15) is 0 Å². The van der Waals surface area contributed by atoms with Crippen LogP contribution in [-0.4, -0.2) is 24.0 Å².